The number of hydrogen-bond acceptors (Lipinski definition) is 2. The van der Waals surface area contributed by atoms with E-state index >= 15 is 0 Å². The largest absolute Gasteiger partial charge is 0.316 e. The third-order valence-electron chi connectivity index (χ3n) is 3.89. The Balaban J connectivity index is 2.19. The summed E-state index contributed by atoms with van der Waals surface area (Å²) in [7, 11) is 2.06. The maximum atomic E-state index is 4.60. The van der Waals surface area contributed by atoms with Crippen LogP contribution in [0.3, 0.4) is 0 Å². The molecule has 0 amide bonds. The minimum absolute atomic E-state index is 0.440. The van der Waals surface area contributed by atoms with Crippen molar-refractivity contribution >= 4 is 15.9 Å². The van der Waals surface area contributed by atoms with E-state index in [-0.39, 0.29) is 0 Å². The quantitative estimate of drug-likeness (QED) is 0.905. The van der Waals surface area contributed by atoms with Crippen molar-refractivity contribution in [1.82, 2.24) is 15.1 Å². The summed E-state index contributed by atoms with van der Waals surface area (Å²) in [6.07, 6.45) is 3.41. The Morgan fingerprint density at radius 3 is 2.50 bits per heavy atom. The Morgan fingerprint density at radius 2 is 2.11 bits per heavy atom. The molecule has 1 fully saturated rings. The minimum Gasteiger partial charge on any atom is -0.316 e. The van der Waals surface area contributed by atoms with Crippen molar-refractivity contribution < 1.29 is 0 Å². The molecule has 18 heavy (non-hydrogen) atoms. The second kappa shape index (κ2) is 5.33. The van der Waals surface area contributed by atoms with Crippen molar-refractivity contribution in [1.29, 1.82) is 0 Å². The van der Waals surface area contributed by atoms with Crippen molar-refractivity contribution in [3.8, 4) is 0 Å². The Morgan fingerprint density at radius 1 is 1.44 bits per heavy atom. The molecule has 2 heterocycles. The summed E-state index contributed by atoms with van der Waals surface area (Å²) < 4.78 is 3.28. The van der Waals surface area contributed by atoms with E-state index in [1.807, 2.05) is 0 Å². The minimum atomic E-state index is 0.440. The first kappa shape index (κ1) is 14.1. The average Bonchev–Trinajstić information content (AvgIpc) is 2.52. The SMILES string of the molecule is CCc1nn(C)c(CC2(CC(C)C)CNC2)c1Br. The third-order valence-corrected chi connectivity index (χ3v) is 4.80. The molecule has 0 unspecified atom stereocenters. The van der Waals surface area contributed by atoms with Crippen LogP contribution in [0, 0.1) is 11.3 Å². The molecule has 0 aromatic carbocycles. The summed E-state index contributed by atoms with van der Waals surface area (Å²) in [6, 6.07) is 0. The molecule has 3 nitrogen and oxygen atoms in total. The fourth-order valence-electron chi connectivity index (χ4n) is 3.05. The number of halogens is 1. The summed E-state index contributed by atoms with van der Waals surface area (Å²) in [5.41, 5.74) is 2.98. The van der Waals surface area contributed by atoms with Crippen molar-refractivity contribution in [2.24, 2.45) is 18.4 Å². The number of nitrogens with one attached hydrogen (secondary N) is 1. The molecule has 2 rings (SSSR count). The normalized spacial score (nSPS) is 18.1. The molecule has 0 radical (unpaired) electrons. The highest BCUT2D eigenvalue weighted by atomic mass is 79.9. The zero-order valence-electron chi connectivity index (χ0n) is 11.9. The second-order valence-electron chi connectivity index (χ2n) is 6.06. The zero-order chi connectivity index (χ0) is 13.3. The van der Waals surface area contributed by atoms with Crippen molar-refractivity contribution in [3.05, 3.63) is 15.9 Å². The Kier molecular flexibility index (Phi) is 4.17. The van der Waals surface area contributed by atoms with Gasteiger partial charge >= 0.3 is 0 Å². The van der Waals surface area contributed by atoms with Crippen LogP contribution in [-0.2, 0) is 19.9 Å². The van der Waals surface area contributed by atoms with E-state index in [1.54, 1.807) is 0 Å². The van der Waals surface area contributed by atoms with Gasteiger partial charge in [0.1, 0.15) is 0 Å². The van der Waals surface area contributed by atoms with E-state index in [1.165, 1.54) is 22.3 Å². The molecule has 0 saturated carbocycles. The second-order valence-corrected chi connectivity index (χ2v) is 6.86. The lowest BCUT2D eigenvalue weighted by Gasteiger charge is -2.44. The first-order valence-electron chi connectivity index (χ1n) is 6.88. The van der Waals surface area contributed by atoms with Gasteiger partial charge in [-0.3, -0.25) is 4.68 Å². The van der Waals surface area contributed by atoms with E-state index in [9.17, 15) is 0 Å². The highest BCUT2D eigenvalue weighted by molar-refractivity contribution is 9.10. The Hall–Kier alpha value is -0.350. The highest BCUT2D eigenvalue weighted by Gasteiger charge is 2.38. The first-order valence-corrected chi connectivity index (χ1v) is 7.67. The molecule has 1 aromatic heterocycles. The van der Waals surface area contributed by atoms with Gasteiger partial charge in [0, 0.05) is 25.6 Å². The summed E-state index contributed by atoms with van der Waals surface area (Å²) in [5, 5.41) is 8.04. The van der Waals surface area contributed by atoms with Crippen LogP contribution in [0.15, 0.2) is 4.47 Å². The van der Waals surface area contributed by atoms with Gasteiger partial charge in [0.15, 0.2) is 0 Å². The molecular formula is C14H24BrN3. The lowest BCUT2D eigenvalue weighted by Crippen LogP contribution is -2.55. The van der Waals surface area contributed by atoms with Gasteiger partial charge < -0.3 is 5.32 Å². The molecule has 0 atom stereocenters. The smallest absolute Gasteiger partial charge is 0.0766 e. The van der Waals surface area contributed by atoms with Gasteiger partial charge in [-0.05, 0) is 41.1 Å². The first-order chi connectivity index (χ1) is 8.47. The van der Waals surface area contributed by atoms with Crippen LogP contribution in [0.4, 0.5) is 0 Å². The van der Waals surface area contributed by atoms with E-state index in [0.29, 0.717) is 5.41 Å². The molecule has 1 aliphatic rings. The van der Waals surface area contributed by atoms with E-state index in [4.69, 9.17) is 0 Å². The van der Waals surface area contributed by atoms with Gasteiger partial charge in [-0.25, -0.2) is 0 Å². The molecule has 0 aliphatic carbocycles. The lowest BCUT2D eigenvalue weighted by atomic mass is 9.72. The summed E-state index contributed by atoms with van der Waals surface area (Å²) in [6.45, 7) is 9.08. The molecule has 4 heteroatoms. The predicted molar refractivity (Wildman–Crippen MR) is 78.7 cm³/mol. The fourth-order valence-corrected chi connectivity index (χ4v) is 3.81. The van der Waals surface area contributed by atoms with Gasteiger partial charge in [0.2, 0.25) is 0 Å². The zero-order valence-corrected chi connectivity index (χ0v) is 13.5. The van der Waals surface area contributed by atoms with Gasteiger partial charge in [-0.1, -0.05) is 20.8 Å². The average molecular weight is 314 g/mol. The predicted octanol–water partition coefficient (Wildman–Crippen LogP) is 2.92. The monoisotopic (exact) mass is 313 g/mol. The number of aryl methyl sites for hydroxylation is 2. The maximum absolute atomic E-state index is 4.60. The molecule has 1 aliphatic heterocycles. The molecule has 0 bridgehead atoms. The van der Waals surface area contributed by atoms with E-state index in [0.717, 1.165) is 31.8 Å². The number of aromatic nitrogens is 2. The van der Waals surface area contributed by atoms with Crippen LogP contribution in [0.5, 0.6) is 0 Å². The topological polar surface area (TPSA) is 29.9 Å². The van der Waals surface area contributed by atoms with Crippen LogP contribution in [0.1, 0.15) is 38.6 Å². The van der Waals surface area contributed by atoms with Gasteiger partial charge in [-0.2, -0.15) is 5.10 Å². The van der Waals surface area contributed by atoms with E-state index in [2.05, 4.69) is 58.8 Å². The van der Waals surface area contributed by atoms with Gasteiger partial charge in [0.25, 0.3) is 0 Å². The maximum Gasteiger partial charge on any atom is 0.0766 e. The standard InChI is InChI=1S/C14H24BrN3/c1-5-11-13(15)12(18(4)17-11)7-14(6-10(2)3)8-16-9-14/h10,16H,5-9H2,1-4H3. The van der Waals surface area contributed by atoms with Gasteiger partial charge in [0.05, 0.1) is 15.9 Å². The summed E-state index contributed by atoms with van der Waals surface area (Å²) >= 11 is 3.73. The number of hydrogen-bond donors (Lipinski definition) is 1. The van der Waals surface area contributed by atoms with Crippen LogP contribution in [-0.4, -0.2) is 22.9 Å². The molecule has 0 spiro atoms. The molecule has 1 aromatic rings. The van der Waals surface area contributed by atoms with Crippen LogP contribution in [0.2, 0.25) is 0 Å². The van der Waals surface area contributed by atoms with Crippen molar-refractivity contribution in [2.45, 2.75) is 40.0 Å². The molecule has 1 saturated heterocycles. The van der Waals surface area contributed by atoms with Crippen molar-refractivity contribution in [2.75, 3.05) is 13.1 Å². The Bertz CT molecular complexity index is 419. The Labute approximate surface area is 118 Å². The van der Waals surface area contributed by atoms with E-state index < -0.39 is 0 Å². The fraction of sp³-hybridized carbons (Fsp3) is 0.786. The highest BCUT2D eigenvalue weighted by Crippen LogP contribution is 2.37. The number of nitrogens with zero attached hydrogens (tertiary/aromatic N) is 2. The summed E-state index contributed by atoms with van der Waals surface area (Å²) in [5.74, 6) is 0.754. The lowest BCUT2D eigenvalue weighted by molar-refractivity contribution is 0.128. The molecule has 102 valence electrons. The summed E-state index contributed by atoms with van der Waals surface area (Å²) in [4.78, 5) is 0. The molecular weight excluding hydrogens is 290 g/mol. The van der Waals surface area contributed by atoms with Crippen LogP contribution < -0.4 is 5.32 Å². The van der Waals surface area contributed by atoms with Gasteiger partial charge in [-0.15, -0.1) is 0 Å². The molecule has 1 N–H and O–H groups in total. The number of rotatable bonds is 5. The third kappa shape index (κ3) is 2.64. The van der Waals surface area contributed by atoms with Crippen LogP contribution >= 0.6 is 15.9 Å². The van der Waals surface area contributed by atoms with Crippen LogP contribution in [0.25, 0.3) is 0 Å². The van der Waals surface area contributed by atoms with Crippen molar-refractivity contribution in [3.63, 3.8) is 0 Å².